The molecule has 7 nitrogen and oxygen atoms in total. The second-order valence-electron chi connectivity index (χ2n) is 6.32. The maximum atomic E-state index is 12.8. The highest BCUT2D eigenvalue weighted by atomic mass is 35.5. The number of nitrogens with zero attached hydrogens (tertiary/aromatic N) is 2. The number of carbonyl (C=O) groups is 1. The fourth-order valence-corrected chi connectivity index (χ4v) is 2.84. The number of hydrogen-bond donors (Lipinski definition) is 1. The minimum absolute atomic E-state index is 0.00474. The van der Waals surface area contributed by atoms with Crippen LogP contribution in [-0.4, -0.2) is 30.3 Å². The van der Waals surface area contributed by atoms with Crippen LogP contribution in [0.15, 0.2) is 40.9 Å². The van der Waals surface area contributed by atoms with Crippen molar-refractivity contribution >= 4 is 23.2 Å². The molecular formula is C20H17ClF3N3O4. The van der Waals surface area contributed by atoms with Crippen LogP contribution in [0.4, 0.5) is 18.9 Å². The molecule has 1 N–H and O–H groups in total. The number of anilines is 1. The van der Waals surface area contributed by atoms with Crippen LogP contribution in [0.2, 0.25) is 5.02 Å². The van der Waals surface area contributed by atoms with Crippen LogP contribution < -0.4 is 14.8 Å². The monoisotopic (exact) mass is 455 g/mol. The Morgan fingerprint density at radius 1 is 1.13 bits per heavy atom. The van der Waals surface area contributed by atoms with Gasteiger partial charge in [-0.05, 0) is 36.4 Å². The first-order valence-corrected chi connectivity index (χ1v) is 9.30. The number of aryl methyl sites for hydroxylation is 1. The lowest BCUT2D eigenvalue weighted by Crippen LogP contribution is -2.14. The minimum atomic E-state index is -4.55. The van der Waals surface area contributed by atoms with Gasteiger partial charge in [0.1, 0.15) is 0 Å². The molecule has 0 aliphatic carbocycles. The van der Waals surface area contributed by atoms with Crippen molar-refractivity contribution < 1.29 is 32.0 Å². The molecule has 0 radical (unpaired) electrons. The lowest BCUT2D eigenvalue weighted by molar-refractivity contribution is -0.137. The van der Waals surface area contributed by atoms with Gasteiger partial charge in [-0.3, -0.25) is 4.79 Å². The average molecular weight is 456 g/mol. The number of alkyl halides is 3. The third-order valence-corrected chi connectivity index (χ3v) is 4.57. The Balaban J connectivity index is 1.64. The Kier molecular flexibility index (Phi) is 6.69. The zero-order valence-electron chi connectivity index (χ0n) is 16.4. The predicted molar refractivity (Wildman–Crippen MR) is 106 cm³/mol. The molecule has 11 heteroatoms. The number of carbonyl (C=O) groups excluding carboxylic acids is 1. The Morgan fingerprint density at radius 2 is 1.87 bits per heavy atom. The summed E-state index contributed by atoms with van der Waals surface area (Å²) in [5, 5.41) is 6.23. The molecule has 0 saturated carbocycles. The van der Waals surface area contributed by atoms with E-state index in [0.29, 0.717) is 17.1 Å². The maximum Gasteiger partial charge on any atom is 0.416 e. The van der Waals surface area contributed by atoms with Gasteiger partial charge in [-0.2, -0.15) is 18.2 Å². The van der Waals surface area contributed by atoms with Gasteiger partial charge >= 0.3 is 6.18 Å². The zero-order valence-corrected chi connectivity index (χ0v) is 17.2. The summed E-state index contributed by atoms with van der Waals surface area (Å²) in [6.07, 6.45) is -4.56. The smallest absolute Gasteiger partial charge is 0.416 e. The van der Waals surface area contributed by atoms with Crippen molar-refractivity contribution in [2.45, 2.75) is 19.0 Å². The van der Waals surface area contributed by atoms with Crippen LogP contribution in [0.1, 0.15) is 17.9 Å². The molecule has 1 aromatic heterocycles. The Labute approximate surface area is 180 Å². The van der Waals surface area contributed by atoms with E-state index in [1.807, 2.05) is 0 Å². The van der Waals surface area contributed by atoms with Crippen molar-refractivity contribution in [3.8, 4) is 22.9 Å². The van der Waals surface area contributed by atoms with E-state index in [1.54, 1.807) is 18.2 Å². The Bertz CT molecular complexity index is 1090. The maximum absolute atomic E-state index is 12.8. The van der Waals surface area contributed by atoms with Crippen LogP contribution in [0, 0.1) is 0 Å². The van der Waals surface area contributed by atoms with Crippen LogP contribution >= 0.6 is 11.6 Å². The molecule has 0 fully saturated rings. The summed E-state index contributed by atoms with van der Waals surface area (Å²) < 4.78 is 54.1. The largest absolute Gasteiger partial charge is 0.493 e. The molecule has 2 aromatic carbocycles. The summed E-state index contributed by atoms with van der Waals surface area (Å²) in [7, 11) is 3.01. The normalized spacial score (nSPS) is 11.3. The number of amides is 1. The van der Waals surface area contributed by atoms with Crippen molar-refractivity contribution in [3.63, 3.8) is 0 Å². The molecule has 0 unspecified atom stereocenters. The van der Waals surface area contributed by atoms with E-state index < -0.39 is 17.6 Å². The number of benzene rings is 2. The lowest BCUT2D eigenvalue weighted by atomic mass is 10.2. The lowest BCUT2D eigenvalue weighted by Gasteiger charge is -2.11. The van der Waals surface area contributed by atoms with Crippen LogP contribution in [0.25, 0.3) is 11.4 Å². The molecule has 3 rings (SSSR count). The van der Waals surface area contributed by atoms with Gasteiger partial charge in [0.25, 0.3) is 0 Å². The summed E-state index contributed by atoms with van der Waals surface area (Å²) in [5.41, 5.74) is -0.422. The van der Waals surface area contributed by atoms with Gasteiger partial charge in [0.15, 0.2) is 11.5 Å². The van der Waals surface area contributed by atoms with E-state index in [-0.39, 0.29) is 35.3 Å². The van der Waals surface area contributed by atoms with E-state index in [2.05, 4.69) is 15.5 Å². The standard InChI is InChI=1S/C20H17ClF3N3O4/c1-29-15-6-3-11(9-16(15)30-2)19-26-18(31-27-19)8-7-17(28)25-14-10-12(20(22,23)24)4-5-13(14)21/h3-6,9-10H,7-8H2,1-2H3,(H,25,28). The van der Waals surface area contributed by atoms with Gasteiger partial charge in [0.2, 0.25) is 17.6 Å². The van der Waals surface area contributed by atoms with Crippen molar-refractivity contribution in [1.29, 1.82) is 0 Å². The summed E-state index contributed by atoms with van der Waals surface area (Å²) in [4.78, 5) is 16.4. The Hall–Kier alpha value is -3.27. The summed E-state index contributed by atoms with van der Waals surface area (Å²) in [6.45, 7) is 0. The van der Waals surface area contributed by atoms with E-state index in [4.69, 9.17) is 25.6 Å². The molecule has 0 spiro atoms. The molecule has 1 heterocycles. The first-order chi connectivity index (χ1) is 14.7. The number of methoxy groups -OCH3 is 2. The van der Waals surface area contributed by atoms with Crippen LogP contribution in [0.3, 0.4) is 0 Å². The van der Waals surface area contributed by atoms with E-state index >= 15 is 0 Å². The number of rotatable bonds is 7. The topological polar surface area (TPSA) is 86.5 Å². The second-order valence-corrected chi connectivity index (χ2v) is 6.73. The highest BCUT2D eigenvalue weighted by Crippen LogP contribution is 2.34. The van der Waals surface area contributed by atoms with Crippen LogP contribution in [0.5, 0.6) is 11.5 Å². The summed E-state index contributed by atoms with van der Waals surface area (Å²) in [6, 6.07) is 7.78. The fourth-order valence-electron chi connectivity index (χ4n) is 2.68. The van der Waals surface area contributed by atoms with E-state index in [9.17, 15) is 18.0 Å². The Morgan fingerprint density at radius 3 is 2.55 bits per heavy atom. The van der Waals surface area contributed by atoms with Crippen molar-refractivity contribution in [1.82, 2.24) is 10.1 Å². The molecule has 0 aliphatic rings. The van der Waals surface area contributed by atoms with Gasteiger partial charge in [-0.15, -0.1) is 0 Å². The number of hydrogen-bond acceptors (Lipinski definition) is 6. The van der Waals surface area contributed by atoms with Crippen molar-refractivity contribution in [3.05, 3.63) is 52.9 Å². The average Bonchev–Trinajstić information content (AvgIpc) is 3.21. The molecule has 0 aliphatic heterocycles. The first kappa shape index (κ1) is 22.4. The number of aromatic nitrogens is 2. The molecule has 1 amide bonds. The second kappa shape index (κ2) is 9.25. The predicted octanol–water partition coefficient (Wildman–Crippen LogP) is 5.00. The number of ether oxygens (including phenoxy) is 2. The first-order valence-electron chi connectivity index (χ1n) is 8.93. The van der Waals surface area contributed by atoms with Crippen LogP contribution in [-0.2, 0) is 17.4 Å². The SMILES string of the molecule is COc1ccc(-c2noc(CCC(=O)Nc3cc(C(F)(F)F)ccc3Cl)n2)cc1OC. The highest BCUT2D eigenvalue weighted by Gasteiger charge is 2.31. The molecule has 164 valence electrons. The van der Waals surface area contributed by atoms with Gasteiger partial charge < -0.3 is 19.3 Å². The minimum Gasteiger partial charge on any atom is -0.493 e. The van der Waals surface area contributed by atoms with Gasteiger partial charge in [-0.25, -0.2) is 0 Å². The molecule has 0 saturated heterocycles. The number of nitrogens with one attached hydrogen (secondary N) is 1. The van der Waals surface area contributed by atoms with Crippen molar-refractivity contribution in [2.24, 2.45) is 0 Å². The highest BCUT2D eigenvalue weighted by molar-refractivity contribution is 6.33. The summed E-state index contributed by atoms with van der Waals surface area (Å²) in [5.74, 6) is 0.961. The van der Waals surface area contributed by atoms with E-state index in [1.165, 1.54) is 14.2 Å². The third-order valence-electron chi connectivity index (χ3n) is 4.24. The summed E-state index contributed by atoms with van der Waals surface area (Å²) >= 11 is 5.88. The van der Waals surface area contributed by atoms with Gasteiger partial charge in [-0.1, -0.05) is 16.8 Å². The molecule has 0 bridgehead atoms. The van der Waals surface area contributed by atoms with Crippen molar-refractivity contribution in [2.75, 3.05) is 19.5 Å². The third kappa shape index (κ3) is 5.46. The van der Waals surface area contributed by atoms with Gasteiger partial charge in [0.05, 0.1) is 30.5 Å². The fraction of sp³-hybridized carbons (Fsp3) is 0.250. The molecule has 31 heavy (non-hydrogen) atoms. The number of halogens is 4. The molecule has 0 atom stereocenters. The molecule has 3 aromatic rings. The zero-order chi connectivity index (χ0) is 22.6. The van der Waals surface area contributed by atoms with E-state index in [0.717, 1.165) is 18.2 Å². The molecular weight excluding hydrogens is 439 g/mol. The van der Waals surface area contributed by atoms with Gasteiger partial charge in [0, 0.05) is 18.4 Å². The quantitative estimate of drug-likeness (QED) is 0.539.